The summed E-state index contributed by atoms with van der Waals surface area (Å²) in [6.07, 6.45) is 0. The van der Waals surface area contributed by atoms with E-state index in [1.165, 1.54) is 133 Å². The summed E-state index contributed by atoms with van der Waals surface area (Å²) < 4.78 is 4.90. The van der Waals surface area contributed by atoms with Crippen LogP contribution in [-0.2, 0) is 10.8 Å². The van der Waals surface area contributed by atoms with Gasteiger partial charge in [0.25, 0.3) is 0 Å². The van der Waals surface area contributed by atoms with Crippen molar-refractivity contribution >= 4 is 130 Å². The van der Waals surface area contributed by atoms with Gasteiger partial charge in [-0.2, -0.15) is 0 Å². The summed E-state index contributed by atoms with van der Waals surface area (Å²) in [4.78, 5) is 42.5. The highest BCUT2D eigenvalue weighted by Gasteiger charge is 2.53. The van der Waals surface area contributed by atoms with E-state index in [9.17, 15) is 0 Å². The minimum Gasteiger partial charge on any atom is -0.247 e. The van der Waals surface area contributed by atoms with E-state index in [0.717, 1.165) is 105 Å². The molecule has 0 unspecified atom stereocenters. The summed E-state index contributed by atoms with van der Waals surface area (Å²) >= 11 is 7.38. The molecule has 0 atom stereocenters. The minimum absolute atomic E-state index is 0.483. The van der Waals surface area contributed by atoms with E-state index in [1.807, 2.05) is 59.1 Å². The molecule has 2 aliphatic heterocycles. The van der Waals surface area contributed by atoms with Gasteiger partial charge in [0.2, 0.25) is 0 Å². The maximum absolute atomic E-state index is 5.59. The second kappa shape index (κ2) is 29.6. The first-order valence-electron chi connectivity index (χ1n) is 43.9. The third-order valence-corrected chi connectivity index (χ3v) is 31.8. The third kappa shape index (κ3) is 11.3. The van der Waals surface area contributed by atoms with Gasteiger partial charge < -0.3 is 0 Å². The van der Waals surface area contributed by atoms with Crippen molar-refractivity contribution in [2.24, 2.45) is 0 Å². The summed E-state index contributed by atoms with van der Waals surface area (Å²) in [6, 6.07) is 151. The van der Waals surface area contributed by atoms with Gasteiger partial charge in [-0.3, -0.25) is 0 Å². The lowest BCUT2D eigenvalue weighted by molar-refractivity contribution is 0.726. The summed E-state index contributed by atoms with van der Waals surface area (Å²) in [5.41, 5.74) is 28.3. The maximum Gasteiger partial charge on any atom is 0.165 e. The molecular formula is C119H69N7S4. The molecular weight excluding hydrogens is 1660 g/mol. The van der Waals surface area contributed by atoms with Crippen molar-refractivity contribution in [1.29, 1.82) is 0 Å². The number of benzene rings is 18. The predicted molar refractivity (Wildman–Crippen MR) is 540 cm³/mol. The highest BCUT2D eigenvalue weighted by Crippen LogP contribution is 2.66. The first kappa shape index (κ1) is 74.7. The zero-order chi connectivity index (χ0) is 85.3. The second-order valence-corrected chi connectivity index (χ2v) is 38.0. The normalized spacial score (nSPS) is 13.3. The van der Waals surface area contributed by atoms with Crippen LogP contribution >= 0.6 is 46.2 Å². The fourth-order valence-corrected chi connectivity index (χ4v) is 26.5. The van der Waals surface area contributed by atoms with Crippen LogP contribution < -0.4 is 0 Å². The van der Waals surface area contributed by atoms with Gasteiger partial charge in [0.1, 0.15) is 0 Å². The molecule has 0 bridgehead atoms. The van der Waals surface area contributed by atoms with E-state index in [0.29, 0.717) is 23.3 Å². The SMILES string of the molecule is c1ccc(-c2nc(-c3ccc4c(c3)nc(-c3ccccc3)c3ccc5c(c34)Sc3ccccc3C53c4ccccc4-c4ccccc43)cc(-c3cccc4c3sc3ccccc34)n2)cc1.c1ccc(-c2nc(-c3ccc4c(c3)nc(-c3ccccc3)c3ccc5c(c34)Sc3ccccc3C53c4ccccc4-c4ccccc43)nc(-c3cccc4c3sc3ccccc34)n2)cc1. The topological polar surface area (TPSA) is 90.2 Å². The van der Waals surface area contributed by atoms with E-state index < -0.39 is 10.8 Å². The maximum atomic E-state index is 5.59. The molecule has 0 saturated heterocycles. The number of aromatic nitrogens is 7. The number of rotatable bonds is 8. The lowest BCUT2D eigenvalue weighted by atomic mass is 9.67. The Morgan fingerprint density at radius 2 is 0.538 bits per heavy atom. The monoisotopic (exact) mass is 1720 g/mol. The summed E-state index contributed by atoms with van der Waals surface area (Å²) in [7, 11) is 0. The quantitative estimate of drug-likeness (QED) is 0.138. The van der Waals surface area contributed by atoms with Crippen LogP contribution in [0.15, 0.2) is 438 Å². The van der Waals surface area contributed by atoms with Crippen LogP contribution in [0.1, 0.15) is 44.5 Å². The van der Waals surface area contributed by atoms with Gasteiger partial charge >= 0.3 is 0 Å². The van der Waals surface area contributed by atoms with E-state index in [1.54, 1.807) is 11.3 Å². The van der Waals surface area contributed by atoms with Crippen molar-refractivity contribution in [2.45, 2.75) is 30.4 Å². The highest BCUT2D eigenvalue weighted by atomic mass is 32.2. The molecule has 28 rings (SSSR count). The zero-order valence-electron chi connectivity index (χ0n) is 69.6. The average Bonchev–Trinajstić information content (AvgIpc) is 1.49. The number of pyridine rings is 2. The van der Waals surface area contributed by atoms with Crippen LogP contribution in [0, 0.1) is 0 Å². The lowest BCUT2D eigenvalue weighted by Crippen LogP contribution is -2.32. The van der Waals surface area contributed by atoms with Gasteiger partial charge in [-0.15, -0.1) is 22.7 Å². The lowest BCUT2D eigenvalue weighted by Gasteiger charge is -2.40. The van der Waals surface area contributed by atoms with E-state index in [4.69, 9.17) is 34.9 Å². The molecule has 18 aromatic carbocycles. The molecule has 11 heteroatoms. The predicted octanol–water partition coefficient (Wildman–Crippen LogP) is 31.5. The molecule has 24 aromatic rings. The molecule has 0 radical (unpaired) electrons. The number of hydrogen-bond acceptors (Lipinski definition) is 11. The Morgan fingerprint density at radius 1 is 0.192 bits per heavy atom. The summed E-state index contributed by atoms with van der Waals surface area (Å²) in [6.45, 7) is 0. The van der Waals surface area contributed by atoms with Gasteiger partial charge in [-0.05, 0) is 115 Å². The van der Waals surface area contributed by atoms with Crippen LogP contribution in [0.25, 0.3) is 197 Å². The molecule has 8 heterocycles. The molecule has 0 amide bonds. The van der Waals surface area contributed by atoms with Crippen LogP contribution in [-0.4, -0.2) is 34.9 Å². The van der Waals surface area contributed by atoms with Gasteiger partial charge in [-0.25, -0.2) is 34.9 Å². The second-order valence-electron chi connectivity index (χ2n) is 33.8. The van der Waals surface area contributed by atoms with Gasteiger partial charge in [0, 0.05) is 137 Å². The molecule has 7 nitrogen and oxygen atoms in total. The number of fused-ring (bicyclic) bond motifs is 32. The van der Waals surface area contributed by atoms with Crippen molar-refractivity contribution in [1.82, 2.24) is 34.9 Å². The fourth-order valence-electron chi connectivity index (χ4n) is 21.4. The Balaban J connectivity index is 0.000000134. The number of thiophene rings is 2. The fraction of sp³-hybridized carbons (Fsp3) is 0.0168. The molecule has 0 saturated carbocycles. The van der Waals surface area contributed by atoms with Crippen LogP contribution in [0.2, 0.25) is 0 Å². The summed E-state index contributed by atoms with van der Waals surface area (Å²) in [5.74, 6) is 2.58. The highest BCUT2D eigenvalue weighted by molar-refractivity contribution is 8.00. The third-order valence-electron chi connectivity index (χ3n) is 26.9. The Hall–Kier alpha value is -15.5. The average molecular weight is 1730 g/mol. The van der Waals surface area contributed by atoms with Crippen molar-refractivity contribution in [3.63, 3.8) is 0 Å². The zero-order valence-corrected chi connectivity index (χ0v) is 72.9. The van der Waals surface area contributed by atoms with Crippen LogP contribution in [0.5, 0.6) is 0 Å². The molecule has 4 aliphatic rings. The smallest absolute Gasteiger partial charge is 0.165 e. The van der Waals surface area contributed by atoms with E-state index in [2.05, 4.69) is 394 Å². The molecule has 2 spiro atoms. The van der Waals surface area contributed by atoms with E-state index >= 15 is 0 Å². The first-order valence-corrected chi connectivity index (χ1v) is 47.2. The Morgan fingerprint density at radius 3 is 1.02 bits per heavy atom. The minimum atomic E-state index is -0.493. The molecule has 130 heavy (non-hydrogen) atoms. The molecule has 2 aliphatic carbocycles. The van der Waals surface area contributed by atoms with Gasteiger partial charge in [0.05, 0.1) is 44.6 Å². The van der Waals surface area contributed by atoms with Crippen LogP contribution in [0.4, 0.5) is 0 Å². The largest absolute Gasteiger partial charge is 0.247 e. The number of nitrogens with zero attached hydrogens (tertiary/aromatic N) is 7. The Kier molecular flexibility index (Phi) is 17.0. The standard InChI is InChI=1S/C60H35N3S2.C59H34N4S2/c1-3-16-36(17-4-1)56-45-32-33-49-58(65-54-29-14-12-27-48(54)60(49)46-25-10-7-20-39(46)40-21-8-11-26-47(40)60)55(45)43-31-30-38(34-51(43)61-56)50-35-52(63-59(62-50)37-18-5-2-6-19-37)44-24-15-23-42-41-22-9-13-28-53(41)64-57(42)44;1-3-16-35(17-4-1)53-43-32-33-48-55(65-51-29-14-12-27-47(51)59(48)45-25-10-7-20-38(45)39-21-8-11-26-46(39)59)52(43)42-31-30-37(34-49(42)60-53)57-61-56(36-18-5-2-6-19-36)62-58(63-57)44-24-15-23-41-40-22-9-13-28-50(40)64-54(41)44/h1-35H;1-34H. The van der Waals surface area contributed by atoms with Crippen molar-refractivity contribution in [3.8, 4) is 113 Å². The first-order chi connectivity index (χ1) is 64.4. The van der Waals surface area contributed by atoms with Gasteiger partial charge in [-0.1, -0.05) is 394 Å². The summed E-state index contributed by atoms with van der Waals surface area (Å²) in [5, 5.41) is 11.9. The Labute approximate surface area is 765 Å². The van der Waals surface area contributed by atoms with Crippen molar-refractivity contribution in [2.75, 3.05) is 0 Å². The Bertz CT molecular complexity index is 8290. The molecule has 0 N–H and O–H groups in total. The van der Waals surface area contributed by atoms with E-state index in [-0.39, 0.29) is 0 Å². The van der Waals surface area contributed by atoms with Crippen LogP contribution in [0.3, 0.4) is 0 Å². The van der Waals surface area contributed by atoms with Gasteiger partial charge in [0.15, 0.2) is 23.3 Å². The molecule has 604 valence electrons. The molecule has 0 fully saturated rings. The van der Waals surface area contributed by atoms with Crippen molar-refractivity contribution < 1.29 is 0 Å². The number of hydrogen-bond donors (Lipinski definition) is 0. The molecule has 6 aromatic heterocycles. The van der Waals surface area contributed by atoms with Crippen molar-refractivity contribution in [3.05, 3.63) is 463 Å².